The fraction of sp³-hybridized carbons (Fsp3) is 0.417. The highest BCUT2D eigenvalue weighted by atomic mass is 32.2. The van der Waals surface area contributed by atoms with E-state index >= 15 is 0 Å². The Hall–Kier alpha value is -3.45. The molecule has 0 saturated heterocycles. The summed E-state index contributed by atoms with van der Waals surface area (Å²) in [5, 5.41) is 31.3. The van der Waals surface area contributed by atoms with Crippen LogP contribution in [0.4, 0.5) is 5.13 Å². The molecule has 0 radical (unpaired) electrons. The zero-order chi connectivity index (χ0) is 27.9. The molecule has 1 aromatic heterocycles. The van der Waals surface area contributed by atoms with Crippen molar-refractivity contribution in [1.82, 2.24) is 9.29 Å². The van der Waals surface area contributed by atoms with Gasteiger partial charge in [-0.2, -0.15) is 0 Å². The fourth-order valence-corrected chi connectivity index (χ4v) is 6.62. The molecule has 0 spiro atoms. The number of benzene rings is 1. The lowest BCUT2D eigenvalue weighted by Gasteiger charge is -2.36. The summed E-state index contributed by atoms with van der Waals surface area (Å²) in [6.07, 6.45) is 2.47. The molecule has 1 saturated carbocycles. The van der Waals surface area contributed by atoms with Gasteiger partial charge in [-0.25, -0.2) is 13.4 Å². The Labute approximate surface area is 218 Å². The van der Waals surface area contributed by atoms with E-state index in [0.717, 1.165) is 9.18 Å². The van der Waals surface area contributed by atoms with Crippen LogP contribution in [0.2, 0.25) is 0 Å². The van der Waals surface area contributed by atoms with Gasteiger partial charge in [0.15, 0.2) is 16.6 Å². The van der Waals surface area contributed by atoms with Crippen LogP contribution in [-0.2, 0) is 24.4 Å². The Morgan fingerprint density at radius 3 is 2.27 bits per heavy atom. The Kier molecular flexibility index (Phi) is 7.44. The molecule has 1 fully saturated rings. The van der Waals surface area contributed by atoms with E-state index in [4.69, 9.17) is 10.2 Å². The van der Waals surface area contributed by atoms with Gasteiger partial charge in [0.2, 0.25) is 0 Å². The molecular weight excluding hydrogens is 522 g/mol. The number of carbonyl (C=O) groups excluding carboxylic acids is 1. The zero-order valence-electron chi connectivity index (χ0n) is 21.0. The molecule has 0 unspecified atom stereocenters. The number of likely N-dealkylation sites (N-methyl/N-ethyl adjacent to an activating group) is 1. The van der Waals surface area contributed by atoms with Crippen molar-refractivity contribution in [2.24, 2.45) is 16.7 Å². The monoisotopic (exact) mass is 551 g/mol. The van der Waals surface area contributed by atoms with Crippen LogP contribution >= 0.6 is 11.3 Å². The third kappa shape index (κ3) is 4.80. The van der Waals surface area contributed by atoms with Gasteiger partial charge < -0.3 is 15.3 Å². The van der Waals surface area contributed by atoms with Crippen molar-refractivity contribution >= 4 is 50.1 Å². The molecule has 2 aliphatic rings. The van der Waals surface area contributed by atoms with E-state index in [-0.39, 0.29) is 21.9 Å². The summed E-state index contributed by atoms with van der Waals surface area (Å²) in [5.41, 5.74) is -1.84. The van der Waals surface area contributed by atoms with Crippen LogP contribution in [0.1, 0.15) is 44.1 Å². The number of hydrogen-bond donors (Lipinski definition) is 4. The minimum Gasteiger partial charge on any atom is -0.505 e. The summed E-state index contributed by atoms with van der Waals surface area (Å²) < 4.78 is 25.8. The van der Waals surface area contributed by atoms with Gasteiger partial charge in [-0.15, -0.1) is 11.3 Å². The van der Waals surface area contributed by atoms with E-state index in [0.29, 0.717) is 18.0 Å². The third-order valence-electron chi connectivity index (χ3n) is 7.37. The smallest absolute Gasteiger partial charge is 0.309 e. The predicted octanol–water partition coefficient (Wildman–Crippen LogP) is 3.55. The summed E-state index contributed by atoms with van der Waals surface area (Å²) in [6.45, 7) is 6.93. The second kappa shape index (κ2) is 9.78. The minimum atomic E-state index is -3.90. The number of carboxylic acid groups (broad SMARTS) is 2. The number of anilines is 1. The number of nitrogens with one attached hydrogen (secondary N) is 1. The van der Waals surface area contributed by atoms with Crippen molar-refractivity contribution < 1.29 is 38.1 Å². The normalized spacial score (nSPS) is 23.5. The fourth-order valence-electron chi connectivity index (χ4n) is 4.57. The molecule has 37 heavy (non-hydrogen) atoms. The molecule has 0 bridgehead atoms. The molecule has 1 aliphatic heterocycles. The van der Waals surface area contributed by atoms with Gasteiger partial charge in [0.25, 0.3) is 15.9 Å². The SMILES string of the molecule is CC1(C)[C@@H](C(=O)O)CC[C@@]1(C)C(=O)O.Cc1cnc(NC(=O)C2=C(O)c3ccccc3S(=O)(=O)N2C)s1. The van der Waals surface area contributed by atoms with Gasteiger partial charge in [-0.3, -0.25) is 24.0 Å². The zero-order valence-corrected chi connectivity index (χ0v) is 22.6. The van der Waals surface area contributed by atoms with Crippen molar-refractivity contribution in [1.29, 1.82) is 0 Å². The lowest BCUT2D eigenvalue weighted by Crippen LogP contribution is -2.42. The number of aromatic nitrogens is 1. The molecule has 2 aromatic rings. The first-order valence-corrected chi connectivity index (χ1v) is 13.5. The molecule has 11 nitrogen and oxygen atoms in total. The number of thiazole rings is 1. The first kappa shape index (κ1) is 28.1. The average molecular weight is 552 g/mol. The van der Waals surface area contributed by atoms with Gasteiger partial charge in [0.1, 0.15) is 0 Å². The molecule has 13 heteroatoms. The Morgan fingerprint density at radius 2 is 1.78 bits per heavy atom. The number of aliphatic carboxylic acids is 2. The minimum absolute atomic E-state index is 0.0401. The second-order valence-corrected chi connectivity index (χ2v) is 12.9. The van der Waals surface area contributed by atoms with Crippen LogP contribution in [-0.4, -0.2) is 57.9 Å². The Morgan fingerprint density at radius 1 is 1.16 bits per heavy atom. The summed E-state index contributed by atoms with van der Waals surface area (Å²) in [6, 6.07) is 5.99. The first-order chi connectivity index (χ1) is 17.1. The van der Waals surface area contributed by atoms with Crippen molar-refractivity contribution in [3.63, 3.8) is 0 Å². The first-order valence-electron chi connectivity index (χ1n) is 11.3. The number of amides is 1. The maximum atomic E-state index is 12.5. The lowest BCUT2D eigenvalue weighted by molar-refractivity contribution is -0.157. The molecule has 2 heterocycles. The largest absolute Gasteiger partial charge is 0.505 e. The number of carboxylic acids is 2. The van der Waals surface area contributed by atoms with Crippen LogP contribution in [0.3, 0.4) is 0 Å². The Bertz CT molecular complexity index is 1400. The van der Waals surface area contributed by atoms with Crippen molar-refractivity contribution in [3.8, 4) is 0 Å². The van der Waals surface area contributed by atoms with E-state index < -0.39 is 44.6 Å². The standard InChI is InChI=1S/C14H13N3O4S2.C10H16O4/c1-8-7-15-14(22-8)16-13(19)11-12(18)9-5-3-4-6-10(9)23(20,21)17(11)2;1-9(2)6(7(11)12)4-5-10(9,3)8(13)14/h3-7,18H,1-2H3,(H,15,16,19);6H,4-5H2,1-3H3,(H,11,12)(H,13,14)/t;6-,10+/m.1/s1. The Balaban J connectivity index is 0.000000233. The topological polar surface area (TPSA) is 174 Å². The van der Waals surface area contributed by atoms with Crippen LogP contribution < -0.4 is 5.32 Å². The summed E-state index contributed by atoms with van der Waals surface area (Å²) in [7, 11) is -2.67. The number of carbonyl (C=O) groups is 3. The van der Waals surface area contributed by atoms with E-state index in [1.807, 2.05) is 6.92 Å². The maximum absolute atomic E-state index is 12.5. The number of aryl methyl sites for hydroxylation is 1. The van der Waals surface area contributed by atoms with Gasteiger partial charge in [0.05, 0.1) is 16.2 Å². The van der Waals surface area contributed by atoms with Gasteiger partial charge in [0, 0.05) is 23.7 Å². The van der Waals surface area contributed by atoms with Gasteiger partial charge in [-0.05, 0) is 44.2 Å². The number of hydrogen-bond acceptors (Lipinski definition) is 8. The highest BCUT2D eigenvalue weighted by molar-refractivity contribution is 7.89. The summed E-state index contributed by atoms with van der Waals surface area (Å²) >= 11 is 1.25. The lowest BCUT2D eigenvalue weighted by atomic mass is 9.66. The number of aliphatic hydroxyl groups is 1. The van der Waals surface area contributed by atoms with Crippen LogP contribution in [0, 0.1) is 23.7 Å². The quantitative estimate of drug-likeness (QED) is 0.443. The molecule has 1 aliphatic carbocycles. The molecule has 1 aromatic carbocycles. The molecule has 4 N–H and O–H groups in total. The predicted molar refractivity (Wildman–Crippen MR) is 136 cm³/mol. The second-order valence-electron chi connectivity index (χ2n) is 9.68. The van der Waals surface area contributed by atoms with Gasteiger partial charge in [-0.1, -0.05) is 26.0 Å². The highest BCUT2D eigenvalue weighted by Gasteiger charge is 2.58. The number of rotatable bonds is 4. The van der Waals surface area contributed by atoms with E-state index in [2.05, 4.69) is 10.3 Å². The van der Waals surface area contributed by atoms with E-state index in [1.165, 1.54) is 30.5 Å². The molecule has 4 rings (SSSR count). The molecular formula is C24H29N3O8S2. The van der Waals surface area contributed by atoms with Crippen molar-refractivity contribution in [3.05, 3.63) is 46.6 Å². The molecule has 1 amide bonds. The van der Waals surface area contributed by atoms with Crippen LogP contribution in [0.15, 0.2) is 41.1 Å². The van der Waals surface area contributed by atoms with Crippen LogP contribution in [0.5, 0.6) is 0 Å². The van der Waals surface area contributed by atoms with E-state index in [1.54, 1.807) is 39.1 Å². The summed E-state index contributed by atoms with van der Waals surface area (Å²) in [4.78, 5) is 39.3. The summed E-state index contributed by atoms with van der Waals surface area (Å²) in [5.74, 6) is -3.46. The van der Waals surface area contributed by atoms with Crippen LogP contribution in [0.25, 0.3) is 5.76 Å². The molecule has 200 valence electrons. The average Bonchev–Trinajstić information content (AvgIpc) is 3.33. The van der Waals surface area contributed by atoms with E-state index in [9.17, 15) is 27.9 Å². The number of nitrogens with zero attached hydrogens (tertiary/aromatic N) is 2. The van der Waals surface area contributed by atoms with Gasteiger partial charge >= 0.3 is 11.9 Å². The van der Waals surface area contributed by atoms with Crippen molar-refractivity contribution in [2.45, 2.75) is 45.4 Å². The number of fused-ring (bicyclic) bond motifs is 1. The number of sulfonamides is 1. The third-order valence-corrected chi connectivity index (χ3v) is 10.0. The molecule has 2 atom stereocenters. The number of aliphatic hydroxyl groups excluding tert-OH is 1. The highest BCUT2D eigenvalue weighted by Crippen LogP contribution is 2.56. The van der Waals surface area contributed by atoms with Crippen molar-refractivity contribution in [2.75, 3.05) is 12.4 Å². The maximum Gasteiger partial charge on any atom is 0.309 e.